The number of amides is 1. The Labute approximate surface area is 196 Å². The number of halogens is 1. The zero-order valence-corrected chi connectivity index (χ0v) is 20.3. The molecule has 3 aromatic rings. The van der Waals surface area contributed by atoms with E-state index in [9.17, 15) is 13.2 Å². The minimum Gasteiger partial charge on any atom is -0.379 e. The Kier molecular flexibility index (Phi) is 6.83. The quantitative estimate of drug-likeness (QED) is 0.521. The summed E-state index contributed by atoms with van der Waals surface area (Å²) in [4.78, 5) is 22.2. The number of aryl methyl sites for hydroxylation is 1. The molecule has 1 aliphatic heterocycles. The highest BCUT2D eigenvalue weighted by Gasteiger charge is 2.27. The average Bonchev–Trinajstić information content (AvgIpc) is 3.23. The van der Waals surface area contributed by atoms with Crippen LogP contribution in [-0.4, -0.2) is 69.9 Å². The highest BCUT2D eigenvalue weighted by Crippen LogP contribution is 2.36. The van der Waals surface area contributed by atoms with Gasteiger partial charge in [0.2, 0.25) is 0 Å². The van der Waals surface area contributed by atoms with Crippen LogP contribution in [0.5, 0.6) is 0 Å². The van der Waals surface area contributed by atoms with Gasteiger partial charge >= 0.3 is 0 Å². The summed E-state index contributed by atoms with van der Waals surface area (Å²) in [5.41, 5.74) is 1.85. The van der Waals surface area contributed by atoms with Crippen molar-refractivity contribution in [2.24, 2.45) is 0 Å². The molecule has 0 atom stereocenters. The number of benzene rings is 2. The van der Waals surface area contributed by atoms with E-state index < -0.39 is 15.7 Å². The number of hydrogen-bond donors (Lipinski definition) is 0. The SMILES string of the molecule is Cc1ccc(Cl)c2sc(N(CCN3CCOCC3)C(=O)c3ccccc3S(C)(=O)=O)nc12. The van der Waals surface area contributed by atoms with Gasteiger partial charge in [-0.3, -0.25) is 14.6 Å². The monoisotopic (exact) mass is 493 g/mol. The smallest absolute Gasteiger partial charge is 0.261 e. The first kappa shape index (κ1) is 23.1. The maximum atomic E-state index is 13.7. The molecule has 0 N–H and O–H groups in total. The third kappa shape index (κ3) is 4.82. The number of thiazole rings is 1. The van der Waals surface area contributed by atoms with E-state index in [4.69, 9.17) is 21.3 Å². The number of sulfone groups is 1. The number of nitrogens with zero attached hydrogens (tertiary/aromatic N) is 3. The Morgan fingerprint density at radius 2 is 1.94 bits per heavy atom. The molecule has 1 aromatic heterocycles. The first-order valence-electron chi connectivity index (χ1n) is 10.2. The zero-order valence-electron chi connectivity index (χ0n) is 17.9. The molecular weight excluding hydrogens is 470 g/mol. The molecule has 4 rings (SSSR count). The second-order valence-electron chi connectivity index (χ2n) is 7.72. The van der Waals surface area contributed by atoms with E-state index in [0.717, 1.165) is 35.1 Å². The van der Waals surface area contributed by atoms with Gasteiger partial charge in [-0.25, -0.2) is 13.4 Å². The molecule has 1 saturated heterocycles. The summed E-state index contributed by atoms with van der Waals surface area (Å²) in [6.07, 6.45) is 1.11. The maximum absolute atomic E-state index is 13.7. The van der Waals surface area contributed by atoms with Gasteiger partial charge in [-0.1, -0.05) is 41.1 Å². The van der Waals surface area contributed by atoms with E-state index in [2.05, 4.69) is 4.90 Å². The molecule has 170 valence electrons. The van der Waals surface area contributed by atoms with Crippen LogP contribution in [0.25, 0.3) is 10.2 Å². The highest BCUT2D eigenvalue weighted by atomic mass is 35.5. The molecule has 7 nitrogen and oxygen atoms in total. The third-order valence-electron chi connectivity index (χ3n) is 5.42. The van der Waals surface area contributed by atoms with Crippen molar-refractivity contribution in [3.8, 4) is 0 Å². The Morgan fingerprint density at radius 1 is 1.22 bits per heavy atom. The Hall–Kier alpha value is -2.04. The molecule has 2 heterocycles. The molecule has 0 bridgehead atoms. The Balaban J connectivity index is 1.75. The summed E-state index contributed by atoms with van der Waals surface area (Å²) in [5.74, 6) is -0.396. The normalized spacial score (nSPS) is 15.2. The topological polar surface area (TPSA) is 79.8 Å². The van der Waals surface area contributed by atoms with E-state index >= 15 is 0 Å². The number of rotatable bonds is 6. The van der Waals surface area contributed by atoms with Crippen molar-refractivity contribution in [1.82, 2.24) is 9.88 Å². The third-order valence-corrected chi connectivity index (χ3v) is 8.12. The maximum Gasteiger partial charge on any atom is 0.261 e. The molecule has 32 heavy (non-hydrogen) atoms. The predicted octanol–water partition coefficient (Wildman–Crippen LogP) is 3.64. The molecule has 0 saturated carbocycles. The van der Waals surface area contributed by atoms with Crippen LogP contribution in [0, 0.1) is 6.92 Å². The lowest BCUT2D eigenvalue weighted by Crippen LogP contribution is -2.43. The standard InChI is InChI=1S/C22H24ClN3O4S2/c1-15-7-8-17(23)20-19(15)24-22(31-20)26(10-9-25-11-13-30-14-12-25)21(27)16-5-3-4-6-18(16)32(2,28)29/h3-8H,9-14H2,1-2H3. The van der Waals surface area contributed by atoms with Gasteiger partial charge in [-0.15, -0.1) is 0 Å². The Morgan fingerprint density at radius 3 is 2.62 bits per heavy atom. The van der Waals surface area contributed by atoms with E-state index in [1.807, 2.05) is 19.1 Å². The number of hydrogen-bond acceptors (Lipinski definition) is 7. The fraction of sp³-hybridized carbons (Fsp3) is 0.364. The Bertz CT molecular complexity index is 1210. The fourth-order valence-corrected chi connectivity index (χ4v) is 5.89. The lowest BCUT2D eigenvalue weighted by atomic mass is 10.2. The van der Waals surface area contributed by atoms with Crippen LogP contribution in [-0.2, 0) is 14.6 Å². The summed E-state index contributed by atoms with van der Waals surface area (Å²) in [6, 6.07) is 10.0. The van der Waals surface area contributed by atoms with E-state index in [0.29, 0.717) is 36.5 Å². The van der Waals surface area contributed by atoms with Gasteiger partial charge < -0.3 is 4.74 Å². The van der Waals surface area contributed by atoms with Gasteiger partial charge in [0, 0.05) is 32.4 Å². The first-order chi connectivity index (χ1) is 15.3. The molecule has 0 spiro atoms. The van der Waals surface area contributed by atoms with Crippen molar-refractivity contribution in [2.75, 3.05) is 50.5 Å². The van der Waals surface area contributed by atoms with E-state index in [-0.39, 0.29) is 10.5 Å². The summed E-state index contributed by atoms with van der Waals surface area (Å²) in [5, 5.41) is 1.07. The molecule has 0 unspecified atom stereocenters. The van der Waals surface area contributed by atoms with Crippen LogP contribution in [0.2, 0.25) is 5.02 Å². The lowest BCUT2D eigenvalue weighted by Gasteiger charge is -2.29. The molecule has 1 fully saturated rings. The number of fused-ring (bicyclic) bond motifs is 1. The molecule has 2 aromatic carbocycles. The van der Waals surface area contributed by atoms with E-state index in [1.54, 1.807) is 23.1 Å². The predicted molar refractivity (Wildman–Crippen MR) is 128 cm³/mol. The van der Waals surface area contributed by atoms with Gasteiger partial charge in [-0.2, -0.15) is 0 Å². The van der Waals surface area contributed by atoms with Gasteiger partial charge in [0.05, 0.1) is 38.9 Å². The second kappa shape index (κ2) is 9.44. The van der Waals surface area contributed by atoms with Crippen LogP contribution < -0.4 is 4.90 Å². The average molecular weight is 494 g/mol. The van der Waals surface area contributed by atoms with Crippen LogP contribution >= 0.6 is 22.9 Å². The van der Waals surface area contributed by atoms with Crippen LogP contribution in [0.15, 0.2) is 41.3 Å². The van der Waals surface area contributed by atoms with Gasteiger partial charge in [0.25, 0.3) is 5.91 Å². The minimum absolute atomic E-state index is 0.0108. The summed E-state index contributed by atoms with van der Waals surface area (Å²) in [7, 11) is -3.58. The van der Waals surface area contributed by atoms with Crippen molar-refractivity contribution >= 4 is 54.0 Å². The largest absolute Gasteiger partial charge is 0.379 e. The van der Waals surface area contributed by atoms with E-state index in [1.165, 1.54) is 17.4 Å². The molecule has 0 radical (unpaired) electrons. The van der Waals surface area contributed by atoms with Crippen molar-refractivity contribution in [1.29, 1.82) is 0 Å². The number of anilines is 1. The number of carbonyl (C=O) groups excluding carboxylic acids is 1. The van der Waals surface area contributed by atoms with Crippen LogP contribution in [0.3, 0.4) is 0 Å². The minimum atomic E-state index is -3.58. The highest BCUT2D eigenvalue weighted by molar-refractivity contribution is 7.90. The van der Waals surface area contributed by atoms with Gasteiger partial charge in [0.15, 0.2) is 15.0 Å². The summed E-state index contributed by atoms with van der Waals surface area (Å²) < 4.78 is 30.9. The second-order valence-corrected chi connectivity index (χ2v) is 11.1. The molecule has 1 amide bonds. The molecule has 1 aliphatic rings. The van der Waals surface area contributed by atoms with Gasteiger partial charge in [-0.05, 0) is 30.7 Å². The number of morpholine rings is 1. The molecule has 10 heteroatoms. The van der Waals surface area contributed by atoms with Crippen LogP contribution in [0.4, 0.5) is 5.13 Å². The number of ether oxygens (including phenoxy) is 1. The molecular formula is C22H24ClN3O4S2. The molecule has 0 aliphatic carbocycles. The van der Waals surface area contributed by atoms with Crippen molar-refractivity contribution in [2.45, 2.75) is 11.8 Å². The lowest BCUT2D eigenvalue weighted by molar-refractivity contribution is 0.0391. The summed E-state index contributed by atoms with van der Waals surface area (Å²) >= 11 is 7.73. The van der Waals surface area contributed by atoms with Crippen molar-refractivity contribution in [3.05, 3.63) is 52.5 Å². The van der Waals surface area contributed by atoms with Gasteiger partial charge in [0.1, 0.15) is 0 Å². The number of aromatic nitrogens is 1. The van der Waals surface area contributed by atoms with Crippen LogP contribution in [0.1, 0.15) is 15.9 Å². The fourth-order valence-electron chi connectivity index (χ4n) is 3.67. The van der Waals surface area contributed by atoms with Crippen molar-refractivity contribution < 1.29 is 17.9 Å². The van der Waals surface area contributed by atoms with Crippen molar-refractivity contribution in [3.63, 3.8) is 0 Å². The first-order valence-corrected chi connectivity index (χ1v) is 13.3. The summed E-state index contributed by atoms with van der Waals surface area (Å²) in [6.45, 7) is 5.81. The zero-order chi connectivity index (χ0) is 22.9. The number of carbonyl (C=O) groups is 1.